The molecule has 0 bridgehead atoms. The fraction of sp³-hybridized carbons (Fsp3) is 0.429. The molecule has 1 aromatic carbocycles. The van der Waals surface area contributed by atoms with Gasteiger partial charge in [-0.1, -0.05) is 12.1 Å². The zero-order valence-electron chi connectivity index (χ0n) is 11.0. The summed E-state index contributed by atoms with van der Waals surface area (Å²) in [6, 6.07) is 8.23. The van der Waals surface area contributed by atoms with Crippen LogP contribution < -0.4 is 10.1 Å². The largest absolute Gasteiger partial charge is 0.493 e. The number of nitrogens with one attached hydrogen (secondary N) is 1. The van der Waals surface area contributed by atoms with Gasteiger partial charge in [-0.2, -0.15) is 11.8 Å². The van der Waals surface area contributed by atoms with Crippen molar-refractivity contribution in [1.29, 1.82) is 0 Å². The van der Waals surface area contributed by atoms with E-state index in [2.05, 4.69) is 24.6 Å². The Morgan fingerprint density at radius 3 is 3.00 bits per heavy atom. The summed E-state index contributed by atoms with van der Waals surface area (Å²) in [7, 11) is 1.66. The molecule has 0 saturated heterocycles. The number of para-hydroxylation sites is 1. The van der Waals surface area contributed by atoms with Crippen molar-refractivity contribution in [3.05, 3.63) is 30.0 Å². The second-order valence-electron chi connectivity index (χ2n) is 4.20. The van der Waals surface area contributed by atoms with Crippen molar-refractivity contribution in [2.24, 2.45) is 0 Å². The van der Waals surface area contributed by atoms with Gasteiger partial charge in [0.25, 0.3) is 0 Å². The molecule has 0 aliphatic heterocycles. The van der Waals surface area contributed by atoms with E-state index in [1.165, 1.54) is 0 Å². The fourth-order valence-electron chi connectivity index (χ4n) is 1.91. The van der Waals surface area contributed by atoms with Crippen LogP contribution in [0.15, 0.2) is 28.7 Å². The molecule has 0 aliphatic carbocycles. The highest BCUT2D eigenvalue weighted by Crippen LogP contribution is 2.30. The molecule has 2 aromatic rings. The van der Waals surface area contributed by atoms with Crippen LogP contribution in [0.25, 0.3) is 11.0 Å². The van der Waals surface area contributed by atoms with E-state index >= 15 is 0 Å². The predicted molar refractivity (Wildman–Crippen MR) is 77.6 cm³/mol. The van der Waals surface area contributed by atoms with Crippen LogP contribution in [-0.2, 0) is 0 Å². The van der Waals surface area contributed by atoms with Gasteiger partial charge < -0.3 is 14.5 Å². The molecule has 18 heavy (non-hydrogen) atoms. The van der Waals surface area contributed by atoms with Crippen molar-refractivity contribution in [3.8, 4) is 5.75 Å². The van der Waals surface area contributed by atoms with Gasteiger partial charge in [0.15, 0.2) is 11.3 Å². The minimum Gasteiger partial charge on any atom is -0.493 e. The normalized spacial score (nSPS) is 12.8. The first-order chi connectivity index (χ1) is 8.76. The molecule has 0 fully saturated rings. The number of hydrogen-bond acceptors (Lipinski definition) is 4. The van der Waals surface area contributed by atoms with Crippen LogP contribution >= 0.6 is 11.8 Å². The smallest absolute Gasteiger partial charge is 0.176 e. The van der Waals surface area contributed by atoms with Gasteiger partial charge in [0, 0.05) is 17.7 Å². The lowest BCUT2D eigenvalue weighted by atomic mass is 10.2. The van der Waals surface area contributed by atoms with Gasteiger partial charge in [-0.3, -0.25) is 0 Å². The zero-order chi connectivity index (χ0) is 13.0. The third kappa shape index (κ3) is 2.82. The van der Waals surface area contributed by atoms with Crippen molar-refractivity contribution in [1.82, 2.24) is 5.32 Å². The van der Waals surface area contributed by atoms with Crippen LogP contribution in [-0.4, -0.2) is 25.7 Å². The molecule has 1 atom stereocenters. The third-order valence-corrected chi connectivity index (χ3v) is 3.54. The quantitative estimate of drug-likeness (QED) is 0.811. The lowest BCUT2D eigenvalue weighted by Gasteiger charge is -2.10. The zero-order valence-corrected chi connectivity index (χ0v) is 11.8. The summed E-state index contributed by atoms with van der Waals surface area (Å²) in [5, 5.41) is 4.53. The SMILES string of the molecule is COc1cccc2cc(C(C)NCCSC)oc12. The van der Waals surface area contributed by atoms with Crippen molar-refractivity contribution in [3.63, 3.8) is 0 Å². The lowest BCUT2D eigenvalue weighted by molar-refractivity contribution is 0.401. The second kappa shape index (κ2) is 6.16. The molecule has 0 saturated carbocycles. The summed E-state index contributed by atoms with van der Waals surface area (Å²) < 4.78 is 11.2. The molecule has 0 radical (unpaired) electrons. The molecule has 0 aliphatic rings. The average Bonchev–Trinajstić information content (AvgIpc) is 2.82. The summed E-state index contributed by atoms with van der Waals surface area (Å²) in [6.45, 7) is 3.10. The average molecular weight is 265 g/mol. The lowest BCUT2D eigenvalue weighted by Crippen LogP contribution is -2.20. The molecule has 98 valence electrons. The Labute approximate surface area is 112 Å². The van der Waals surface area contributed by atoms with E-state index < -0.39 is 0 Å². The highest BCUT2D eigenvalue weighted by Gasteiger charge is 2.13. The van der Waals surface area contributed by atoms with Crippen LogP contribution in [0.1, 0.15) is 18.7 Å². The Balaban J connectivity index is 2.19. The maximum absolute atomic E-state index is 5.89. The van der Waals surface area contributed by atoms with Gasteiger partial charge in [0.2, 0.25) is 0 Å². The topological polar surface area (TPSA) is 34.4 Å². The summed E-state index contributed by atoms with van der Waals surface area (Å²) in [6.07, 6.45) is 2.11. The molecule has 4 heteroatoms. The molecule has 1 N–H and O–H groups in total. The van der Waals surface area contributed by atoms with E-state index in [4.69, 9.17) is 9.15 Å². The molecular weight excluding hydrogens is 246 g/mol. The van der Waals surface area contributed by atoms with E-state index in [0.29, 0.717) is 0 Å². The van der Waals surface area contributed by atoms with Gasteiger partial charge in [0.05, 0.1) is 13.2 Å². The second-order valence-corrected chi connectivity index (χ2v) is 5.18. The summed E-state index contributed by atoms with van der Waals surface area (Å²) >= 11 is 1.84. The van der Waals surface area contributed by atoms with Crippen LogP contribution in [0.3, 0.4) is 0 Å². The molecule has 1 unspecified atom stereocenters. The minimum atomic E-state index is 0.217. The van der Waals surface area contributed by atoms with Crippen LogP contribution in [0, 0.1) is 0 Å². The maximum atomic E-state index is 5.89. The van der Waals surface area contributed by atoms with Gasteiger partial charge in [-0.25, -0.2) is 0 Å². The molecule has 1 aromatic heterocycles. The van der Waals surface area contributed by atoms with Crippen molar-refractivity contribution in [2.75, 3.05) is 25.7 Å². The van der Waals surface area contributed by atoms with Crippen molar-refractivity contribution < 1.29 is 9.15 Å². The summed E-state index contributed by atoms with van der Waals surface area (Å²) in [4.78, 5) is 0. The van der Waals surface area contributed by atoms with E-state index in [1.807, 2.05) is 30.0 Å². The van der Waals surface area contributed by atoms with E-state index in [-0.39, 0.29) is 6.04 Å². The molecule has 0 amide bonds. The Bertz CT molecular complexity index is 509. The van der Waals surface area contributed by atoms with E-state index in [9.17, 15) is 0 Å². The van der Waals surface area contributed by atoms with Crippen LogP contribution in [0.2, 0.25) is 0 Å². The number of ether oxygens (including phenoxy) is 1. The van der Waals surface area contributed by atoms with Crippen LogP contribution in [0.5, 0.6) is 5.75 Å². The molecule has 1 heterocycles. The first-order valence-corrected chi connectivity index (χ1v) is 7.44. The summed E-state index contributed by atoms with van der Waals surface area (Å²) in [5.74, 6) is 2.85. The van der Waals surface area contributed by atoms with Crippen molar-refractivity contribution in [2.45, 2.75) is 13.0 Å². The monoisotopic (exact) mass is 265 g/mol. The Morgan fingerprint density at radius 1 is 1.44 bits per heavy atom. The van der Waals surface area contributed by atoms with Gasteiger partial charge in [-0.15, -0.1) is 0 Å². The van der Waals surface area contributed by atoms with E-state index in [1.54, 1.807) is 7.11 Å². The Morgan fingerprint density at radius 2 is 2.28 bits per heavy atom. The standard InChI is InChI=1S/C14H19NO2S/c1-10(15-7-8-18-3)13-9-11-5-4-6-12(16-2)14(11)17-13/h4-6,9-10,15H,7-8H2,1-3H3. The summed E-state index contributed by atoms with van der Waals surface area (Å²) in [5.41, 5.74) is 0.827. The van der Waals surface area contributed by atoms with Crippen molar-refractivity contribution >= 4 is 22.7 Å². The number of benzene rings is 1. The first kappa shape index (κ1) is 13.3. The Hall–Kier alpha value is -1.13. The first-order valence-electron chi connectivity index (χ1n) is 6.05. The van der Waals surface area contributed by atoms with Gasteiger partial charge in [-0.05, 0) is 25.3 Å². The van der Waals surface area contributed by atoms with Crippen LogP contribution in [0.4, 0.5) is 0 Å². The number of hydrogen-bond donors (Lipinski definition) is 1. The highest BCUT2D eigenvalue weighted by molar-refractivity contribution is 7.98. The van der Waals surface area contributed by atoms with Gasteiger partial charge in [0.1, 0.15) is 5.76 Å². The molecule has 2 rings (SSSR count). The number of rotatable bonds is 6. The third-order valence-electron chi connectivity index (χ3n) is 2.93. The molecular formula is C14H19NO2S. The van der Waals surface area contributed by atoms with E-state index in [0.717, 1.165) is 34.8 Å². The number of thioether (sulfide) groups is 1. The number of fused-ring (bicyclic) bond motifs is 1. The minimum absolute atomic E-state index is 0.217. The highest BCUT2D eigenvalue weighted by atomic mass is 32.2. The number of furan rings is 1. The maximum Gasteiger partial charge on any atom is 0.176 e. The predicted octanol–water partition coefficient (Wildman–Crippen LogP) is 3.46. The van der Waals surface area contributed by atoms with Gasteiger partial charge >= 0.3 is 0 Å². The fourth-order valence-corrected chi connectivity index (χ4v) is 2.23. The Kier molecular flexibility index (Phi) is 4.55. The number of methoxy groups -OCH3 is 1. The molecule has 0 spiro atoms. The molecule has 3 nitrogen and oxygen atoms in total.